The number of hydrogen-bond acceptors (Lipinski definition) is 3. The molecule has 3 N–H and O–H groups in total. The Labute approximate surface area is 95.5 Å². The van der Waals surface area contributed by atoms with E-state index in [2.05, 4.69) is 13.8 Å². The van der Waals surface area contributed by atoms with Crippen molar-refractivity contribution < 1.29 is 5.11 Å². The lowest BCUT2D eigenvalue weighted by Crippen LogP contribution is -2.33. The zero-order valence-corrected chi connectivity index (χ0v) is 9.83. The molecule has 0 aliphatic rings. The highest BCUT2D eigenvalue weighted by atomic mass is 35.5. The molecule has 1 rings (SSSR count). The monoisotopic (exact) mass is 228 g/mol. The predicted octanol–water partition coefficient (Wildman–Crippen LogP) is 2.13. The molecule has 0 aliphatic heterocycles. The van der Waals surface area contributed by atoms with E-state index in [1.807, 2.05) is 11.0 Å². The SMILES string of the molecule is CC(C)N(CCO)c1cc(Cl)ccc1N. The first kappa shape index (κ1) is 12.1. The molecule has 0 heterocycles. The van der Waals surface area contributed by atoms with Crippen LogP contribution in [-0.2, 0) is 0 Å². The third-order valence-corrected chi connectivity index (χ3v) is 2.50. The van der Waals surface area contributed by atoms with Crippen LogP contribution in [0.5, 0.6) is 0 Å². The van der Waals surface area contributed by atoms with Crippen LogP contribution in [0.1, 0.15) is 13.8 Å². The van der Waals surface area contributed by atoms with Gasteiger partial charge in [0.2, 0.25) is 0 Å². The third kappa shape index (κ3) is 3.01. The summed E-state index contributed by atoms with van der Waals surface area (Å²) in [6.45, 7) is 4.76. The maximum Gasteiger partial charge on any atom is 0.0617 e. The number of rotatable bonds is 4. The first-order chi connectivity index (χ1) is 7.06. The van der Waals surface area contributed by atoms with Crippen molar-refractivity contribution in [3.05, 3.63) is 23.2 Å². The van der Waals surface area contributed by atoms with Crippen molar-refractivity contribution in [3.8, 4) is 0 Å². The van der Waals surface area contributed by atoms with Crippen LogP contribution in [-0.4, -0.2) is 24.3 Å². The van der Waals surface area contributed by atoms with Gasteiger partial charge in [-0.3, -0.25) is 0 Å². The standard InChI is InChI=1S/C11H17ClN2O/c1-8(2)14(5-6-15)11-7-9(12)3-4-10(11)13/h3-4,7-8,15H,5-6,13H2,1-2H3. The molecule has 0 saturated heterocycles. The van der Waals surface area contributed by atoms with Gasteiger partial charge in [-0.05, 0) is 32.0 Å². The zero-order valence-electron chi connectivity index (χ0n) is 9.07. The molecule has 0 fully saturated rings. The molecule has 4 heteroatoms. The molecule has 0 bridgehead atoms. The number of nitrogens with two attached hydrogens (primary N) is 1. The minimum absolute atomic E-state index is 0.101. The molecular formula is C11H17ClN2O. The van der Waals surface area contributed by atoms with Crippen LogP contribution < -0.4 is 10.6 Å². The van der Waals surface area contributed by atoms with Crippen molar-refractivity contribution in [2.24, 2.45) is 0 Å². The molecule has 15 heavy (non-hydrogen) atoms. The summed E-state index contributed by atoms with van der Waals surface area (Å²) in [6.07, 6.45) is 0. The Morgan fingerprint density at radius 3 is 2.67 bits per heavy atom. The lowest BCUT2D eigenvalue weighted by Gasteiger charge is -2.29. The molecule has 1 aromatic carbocycles. The number of benzene rings is 1. The molecule has 0 spiro atoms. The minimum Gasteiger partial charge on any atom is -0.397 e. The Balaban J connectivity index is 3.04. The average molecular weight is 229 g/mol. The number of hydrogen-bond donors (Lipinski definition) is 2. The maximum atomic E-state index is 8.99. The fraction of sp³-hybridized carbons (Fsp3) is 0.455. The van der Waals surface area contributed by atoms with E-state index in [-0.39, 0.29) is 12.6 Å². The lowest BCUT2D eigenvalue weighted by atomic mass is 10.2. The zero-order chi connectivity index (χ0) is 11.4. The van der Waals surface area contributed by atoms with Crippen LogP contribution in [0.25, 0.3) is 0 Å². The Kier molecular flexibility index (Phi) is 4.24. The lowest BCUT2D eigenvalue weighted by molar-refractivity contribution is 0.299. The molecule has 84 valence electrons. The van der Waals surface area contributed by atoms with E-state index >= 15 is 0 Å². The van der Waals surface area contributed by atoms with E-state index in [1.165, 1.54) is 0 Å². The quantitative estimate of drug-likeness (QED) is 0.777. The second kappa shape index (κ2) is 5.24. The summed E-state index contributed by atoms with van der Waals surface area (Å²) in [5.74, 6) is 0. The van der Waals surface area contributed by atoms with Crippen LogP contribution >= 0.6 is 11.6 Å². The summed E-state index contributed by atoms with van der Waals surface area (Å²) >= 11 is 5.92. The Hall–Kier alpha value is -0.930. The summed E-state index contributed by atoms with van der Waals surface area (Å²) in [5.41, 5.74) is 7.44. The number of nitrogens with zero attached hydrogens (tertiary/aromatic N) is 1. The Bertz CT molecular complexity index is 328. The molecule has 0 aliphatic carbocycles. The third-order valence-electron chi connectivity index (χ3n) is 2.27. The van der Waals surface area contributed by atoms with Gasteiger partial charge in [-0.2, -0.15) is 0 Å². The second-order valence-electron chi connectivity index (χ2n) is 3.71. The molecule has 1 aromatic rings. The molecular weight excluding hydrogens is 212 g/mol. The normalized spacial score (nSPS) is 10.7. The van der Waals surface area contributed by atoms with E-state index in [0.29, 0.717) is 17.3 Å². The number of anilines is 2. The van der Waals surface area contributed by atoms with E-state index in [1.54, 1.807) is 12.1 Å². The van der Waals surface area contributed by atoms with Crippen molar-refractivity contribution in [1.82, 2.24) is 0 Å². The number of nitrogen functional groups attached to an aromatic ring is 1. The summed E-state index contributed by atoms with van der Waals surface area (Å²) in [5, 5.41) is 9.65. The van der Waals surface area contributed by atoms with Gasteiger partial charge < -0.3 is 15.7 Å². The van der Waals surface area contributed by atoms with Crippen molar-refractivity contribution >= 4 is 23.0 Å². The van der Waals surface area contributed by atoms with Gasteiger partial charge in [-0.15, -0.1) is 0 Å². The van der Waals surface area contributed by atoms with Gasteiger partial charge in [-0.25, -0.2) is 0 Å². The number of halogens is 1. The minimum atomic E-state index is 0.101. The van der Waals surface area contributed by atoms with Crippen molar-refractivity contribution in [2.75, 3.05) is 23.8 Å². The summed E-state index contributed by atoms with van der Waals surface area (Å²) in [4.78, 5) is 2.03. The van der Waals surface area contributed by atoms with Gasteiger partial charge in [0.15, 0.2) is 0 Å². The molecule has 0 aromatic heterocycles. The van der Waals surface area contributed by atoms with E-state index in [0.717, 1.165) is 5.69 Å². The van der Waals surface area contributed by atoms with Crippen LogP contribution in [0.4, 0.5) is 11.4 Å². The maximum absolute atomic E-state index is 8.99. The topological polar surface area (TPSA) is 49.5 Å². The highest BCUT2D eigenvalue weighted by Gasteiger charge is 2.12. The first-order valence-electron chi connectivity index (χ1n) is 4.98. The molecule has 0 atom stereocenters. The highest BCUT2D eigenvalue weighted by molar-refractivity contribution is 6.31. The van der Waals surface area contributed by atoms with Gasteiger partial charge in [0.25, 0.3) is 0 Å². The largest absolute Gasteiger partial charge is 0.397 e. The van der Waals surface area contributed by atoms with Gasteiger partial charge >= 0.3 is 0 Å². The van der Waals surface area contributed by atoms with Gasteiger partial charge in [0.1, 0.15) is 0 Å². The fourth-order valence-electron chi connectivity index (χ4n) is 1.53. The van der Waals surface area contributed by atoms with Crippen LogP contribution in [0.15, 0.2) is 18.2 Å². The summed E-state index contributed by atoms with van der Waals surface area (Å²) in [6, 6.07) is 5.65. The van der Waals surface area contributed by atoms with Crippen LogP contribution in [0.3, 0.4) is 0 Å². The predicted molar refractivity (Wildman–Crippen MR) is 65.4 cm³/mol. The van der Waals surface area contributed by atoms with Gasteiger partial charge in [0, 0.05) is 17.6 Å². The molecule has 0 radical (unpaired) electrons. The smallest absolute Gasteiger partial charge is 0.0617 e. The average Bonchev–Trinajstić information content (AvgIpc) is 2.18. The molecule has 0 unspecified atom stereocenters. The number of aliphatic hydroxyl groups is 1. The van der Waals surface area contributed by atoms with Crippen LogP contribution in [0.2, 0.25) is 5.02 Å². The van der Waals surface area contributed by atoms with Crippen molar-refractivity contribution in [2.45, 2.75) is 19.9 Å². The molecule has 3 nitrogen and oxygen atoms in total. The van der Waals surface area contributed by atoms with Gasteiger partial charge in [0.05, 0.1) is 18.0 Å². The molecule has 0 amide bonds. The summed E-state index contributed by atoms with van der Waals surface area (Å²) in [7, 11) is 0. The van der Waals surface area contributed by atoms with Crippen molar-refractivity contribution in [1.29, 1.82) is 0 Å². The number of aliphatic hydroxyl groups excluding tert-OH is 1. The van der Waals surface area contributed by atoms with Crippen molar-refractivity contribution in [3.63, 3.8) is 0 Å². The first-order valence-corrected chi connectivity index (χ1v) is 5.36. The van der Waals surface area contributed by atoms with E-state index in [9.17, 15) is 0 Å². The van der Waals surface area contributed by atoms with Gasteiger partial charge in [-0.1, -0.05) is 11.6 Å². The highest BCUT2D eigenvalue weighted by Crippen LogP contribution is 2.28. The van der Waals surface area contributed by atoms with E-state index < -0.39 is 0 Å². The second-order valence-corrected chi connectivity index (χ2v) is 4.15. The Morgan fingerprint density at radius 1 is 1.47 bits per heavy atom. The van der Waals surface area contributed by atoms with E-state index in [4.69, 9.17) is 22.4 Å². The van der Waals surface area contributed by atoms with Crippen LogP contribution in [0, 0.1) is 0 Å². The summed E-state index contributed by atoms with van der Waals surface area (Å²) < 4.78 is 0. The Morgan fingerprint density at radius 2 is 2.13 bits per heavy atom. The fourth-order valence-corrected chi connectivity index (χ4v) is 1.70. The molecule has 0 saturated carbocycles.